The van der Waals surface area contributed by atoms with Gasteiger partial charge >= 0.3 is 5.97 Å². The maximum atomic E-state index is 12.1. The highest BCUT2D eigenvalue weighted by molar-refractivity contribution is 7.98. The fraction of sp³-hybridized carbons (Fsp3) is 0.308. The molecule has 0 amide bonds. The number of thioether (sulfide) groups is 1. The van der Waals surface area contributed by atoms with Crippen molar-refractivity contribution in [3.05, 3.63) is 35.4 Å². The van der Waals surface area contributed by atoms with Crippen molar-refractivity contribution in [3.8, 4) is 0 Å². The van der Waals surface area contributed by atoms with E-state index >= 15 is 0 Å². The number of methoxy groups -OCH3 is 1. The van der Waals surface area contributed by atoms with Crippen LogP contribution in [-0.4, -0.2) is 34.1 Å². The van der Waals surface area contributed by atoms with Gasteiger partial charge in [0.05, 0.1) is 18.9 Å². The third-order valence-electron chi connectivity index (χ3n) is 3.23. The van der Waals surface area contributed by atoms with Crippen LogP contribution in [0.25, 0.3) is 0 Å². The van der Waals surface area contributed by atoms with Crippen LogP contribution in [0, 0.1) is 0 Å². The van der Waals surface area contributed by atoms with Crippen molar-refractivity contribution in [2.24, 2.45) is 0 Å². The van der Waals surface area contributed by atoms with Gasteiger partial charge in [-0.15, -0.1) is 5.10 Å². The van der Waals surface area contributed by atoms with Gasteiger partial charge in [0.25, 0.3) is 0 Å². The molecule has 2 aromatic rings. The summed E-state index contributed by atoms with van der Waals surface area (Å²) < 4.78 is 12.0. The van der Waals surface area contributed by atoms with Crippen LogP contribution >= 0.6 is 11.8 Å². The Kier molecular flexibility index (Phi) is 3.46. The normalized spacial score (nSPS) is 17.4. The van der Waals surface area contributed by atoms with Crippen LogP contribution in [0.4, 0.5) is 5.95 Å². The van der Waals surface area contributed by atoms with Gasteiger partial charge in [-0.2, -0.15) is 4.98 Å². The summed E-state index contributed by atoms with van der Waals surface area (Å²) in [7, 11) is 1.35. The van der Waals surface area contributed by atoms with Crippen LogP contribution in [-0.2, 0) is 9.53 Å². The molecule has 0 unspecified atom stereocenters. The first kappa shape index (κ1) is 13.7. The number of rotatable bonds is 3. The monoisotopic (exact) mass is 306 g/mol. The van der Waals surface area contributed by atoms with Crippen LogP contribution in [0.3, 0.4) is 0 Å². The largest absolute Gasteiger partial charge is 0.467 e. The summed E-state index contributed by atoms with van der Waals surface area (Å²) in [4.78, 5) is 16.5. The molecule has 7 nitrogen and oxygen atoms in total. The number of furan rings is 1. The Morgan fingerprint density at radius 1 is 1.57 bits per heavy atom. The van der Waals surface area contributed by atoms with Gasteiger partial charge in [-0.3, -0.25) is 0 Å². The smallest absolute Gasteiger partial charge is 0.338 e. The molecule has 3 heterocycles. The Morgan fingerprint density at radius 2 is 2.38 bits per heavy atom. The topological polar surface area (TPSA) is 82.2 Å². The predicted molar refractivity (Wildman–Crippen MR) is 77.0 cm³/mol. The molecule has 0 bridgehead atoms. The van der Waals surface area contributed by atoms with Crippen molar-refractivity contribution in [3.63, 3.8) is 0 Å². The number of esters is 1. The summed E-state index contributed by atoms with van der Waals surface area (Å²) in [6.45, 7) is 1.80. The zero-order valence-electron chi connectivity index (χ0n) is 11.8. The van der Waals surface area contributed by atoms with Gasteiger partial charge in [0.2, 0.25) is 11.1 Å². The van der Waals surface area contributed by atoms with Gasteiger partial charge in [-0.25, -0.2) is 9.48 Å². The molecule has 0 radical (unpaired) electrons. The lowest BCUT2D eigenvalue weighted by molar-refractivity contribution is -0.136. The zero-order chi connectivity index (χ0) is 15.0. The van der Waals surface area contributed by atoms with E-state index in [1.807, 2.05) is 6.26 Å². The summed E-state index contributed by atoms with van der Waals surface area (Å²) in [5, 5.41) is 8.12. The molecule has 21 heavy (non-hydrogen) atoms. The summed E-state index contributed by atoms with van der Waals surface area (Å²) in [5.74, 6) is 0.759. The van der Waals surface area contributed by atoms with Crippen molar-refractivity contribution in [2.75, 3.05) is 18.7 Å². The minimum Gasteiger partial charge on any atom is -0.467 e. The number of carbonyl (C=O) groups is 1. The molecule has 0 aromatic carbocycles. The summed E-state index contributed by atoms with van der Waals surface area (Å²) in [5.41, 5.74) is 1.13. The van der Waals surface area contributed by atoms with E-state index < -0.39 is 12.0 Å². The number of fused-ring (bicyclic) bond motifs is 1. The molecule has 8 heteroatoms. The second-order valence-electron chi connectivity index (χ2n) is 4.44. The van der Waals surface area contributed by atoms with Gasteiger partial charge in [0, 0.05) is 5.70 Å². The number of allylic oxidation sites excluding steroid dienone is 1. The Morgan fingerprint density at radius 3 is 3.00 bits per heavy atom. The van der Waals surface area contributed by atoms with Crippen molar-refractivity contribution in [1.29, 1.82) is 0 Å². The molecule has 110 valence electrons. The summed E-state index contributed by atoms with van der Waals surface area (Å²) >= 11 is 1.43. The van der Waals surface area contributed by atoms with Gasteiger partial charge in [0.1, 0.15) is 11.8 Å². The minimum atomic E-state index is -0.489. The lowest BCUT2D eigenvalue weighted by Crippen LogP contribution is -2.29. The second-order valence-corrected chi connectivity index (χ2v) is 5.21. The zero-order valence-corrected chi connectivity index (χ0v) is 12.6. The number of anilines is 1. The quantitative estimate of drug-likeness (QED) is 0.686. The highest BCUT2D eigenvalue weighted by Gasteiger charge is 2.36. The number of ether oxygens (including phenoxy) is 1. The molecular formula is C13H14N4O3S. The van der Waals surface area contributed by atoms with Crippen LogP contribution < -0.4 is 5.32 Å². The third kappa shape index (κ3) is 2.21. The molecule has 1 aliphatic heterocycles. The molecule has 0 saturated heterocycles. The van der Waals surface area contributed by atoms with Gasteiger partial charge in [0.15, 0.2) is 0 Å². The minimum absolute atomic E-state index is 0.423. The summed E-state index contributed by atoms with van der Waals surface area (Å²) in [6, 6.07) is 3.08. The first-order valence-corrected chi connectivity index (χ1v) is 7.48. The van der Waals surface area contributed by atoms with Crippen molar-refractivity contribution >= 4 is 23.7 Å². The van der Waals surface area contributed by atoms with Crippen molar-refractivity contribution in [2.45, 2.75) is 18.1 Å². The average Bonchev–Trinajstić information content (AvgIpc) is 3.13. The SMILES string of the molecule is COC(=O)C1=C(C)Nc2nc(SC)nn2[C@H]1c1ccco1. The van der Waals surface area contributed by atoms with Crippen molar-refractivity contribution in [1.82, 2.24) is 14.8 Å². The van der Waals surface area contributed by atoms with E-state index in [4.69, 9.17) is 9.15 Å². The van der Waals surface area contributed by atoms with Gasteiger partial charge in [-0.1, -0.05) is 11.8 Å². The molecule has 0 spiro atoms. The van der Waals surface area contributed by atoms with E-state index in [2.05, 4.69) is 15.4 Å². The fourth-order valence-electron chi connectivity index (χ4n) is 2.30. The molecule has 2 aromatic heterocycles. The van der Waals surface area contributed by atoms with Gasteiger partial charge < -0.3 is 14.5 Å². The highest BCUT2D eigenvalue weighted by atomic mass is 32.2. The molecule has 3 rings (SSSR count). The van der Waals surface area contributed by atoms with E-state index in [1.165, 1.54) is 18.9 Å². The number of hydrogen-bond donors (Lipinski definition) is 1. The molecule has 1 aliphatic rings. The Labute approximate surface area is 125 Å². The lowest BCUT2D eigenvalue weighted by Gasteiger charge is -2.25. The Hall–Kier alpha value is -2.22. The number of aromatic nitrogens is 3. The third-order valence-corrected chi connectivity index (χ3v) is 3.77. The van der Waals surface area contributed by atoms with Crippen LogP contribution in [0.1, 0.15) is 18.7 Å². The van der Waals surface area contributed by atoms with E-state index in [9.17, 15) is 4.79 Å². The van der Waals surface area contributed by atoms with Crippen LogP contribution in [0.15, 0.2) is 39.2 Å². The first-order valence-electron chi connectivity index (χ1n) is 6.25. The molecule has 0 saturated carbocycles. The predicted octanol–water partition coefficient (Wildman–Crippen LogP) is 2.05. The Bertz CT molecular complexity index is 705. The number of carbonyl (C=O) groups excluding carboxylic acids is 1. The van der Waals surface area contributed by atoms with Crippen LogP contribution in [0.5, 0.6) is 0 Å². The lowest BCUT2D eigenvalue weighted by atomic mass is 10.0. The fourth-order valence-corrected chi connectivity index (χ4v) is 2.65. The molecule has 1 N–H and O–H groups in total. The summed E-state index contributed by atoms with van der Waals surface area (Å²) in [6.07, 6.45) is 3.46. The van der Waals surface area contributed by atoms with E-state index in [-0.39, 0.29) is 0 Å². The van der Waals surface area contributed by atoms with Crippen molar-refractivity contribution < 1.29 is 13.9 Å². The van der Waals surface area contributed by atoms with E-state index in [0.717, 1.165) is 0 Å². The van der Waals surface area contributed by atoms with Crippen LogP contribution in [0.2, 0.25) is 0 Å². The molecular weight excluding hydrogens is 292 g/mol. The average molecular weight is 306 g/mol. The van der Waals surface area contributed by atoms with E-state index in [1.54, 1.807) is 30.0 Å². The second kappa shape index (κ2) is 5.28. The number of nitrogens with one attached hydrogen (secondary N) is 1. The first-order chi connectivity index (χ1) is 10.2. The molecule has 0 aliphatic carbocycles. The maximum Gasteiger partial charge on any atom is 0.338 e. The number of hydrogen-bond acceptors (Lipinski definition) is 7. The number of nitrogens with zero attached hydrogens (tertiary/aromatic N) is 3. The van der Waals surface area contributed by atoms with Gasteiger partial charge in [-0.05, 0) is 25.3 Å². The molecule has 1 atom stereocenters. The highest BCUT2D eigenvalue weighted by Crippen LogP contribution is 2.36. The standard InChI is InChI=1S/C13H14N4O3S/c1-7-9(11(18)19-2)10(8-5-4-6-20-8)17-12(14-7)15-13(16-17)21-3/h4-6,10H,1-3H3,(H,14,15,16)/t10-/m0/s1. The van der Waals surface area contributed by atoms with E-state index in [0.29, 0.717) is 28.1 Å². The Balaban J connectivity index is 2.17. The molecule has 0 fully saturated rings. The maximum absolute atomic E-state index is 12.1.